The summed E-state index contributed by atoms with van der Waals surface area (Å²) in [5.41, 5.74) is 3.01. The number of benzene rings is 2. The minimum absolute atomic E-state index is 0.304. The lowest BCUT2D eigenvalue weighted by atomic mass is 10.0. The van der Waals surface area contributed by atoms with Gasteiger partial charge in [0.15, 0.2) is 11.7 Å². The number of rotatable bonds is 3. The van der Waals surface area contributed by atoms with Crippen molar-refractivity contribution in [2.24, 2.45) is 0 Å². The molecule has 1 aromatic heterocycles. The summed E-state index contributed by atoms with van der Waals surface area (Å²) in [6.07, 6.45) is -0.345. The molecule has 1 aliphatic heterocycles. The van der Waals surface area contributed by atoms with E-state index in [0.717, 1.165) is 22.2 Å². The van der Waals surface area contributed by atoms with Gasteiger partial charge in [0.1, 0.15) is 11.4 Å². The number of fused-ring (bicyclic) bond motifs is 3. The molecule has 1 unspecified atom stereocenters. The molecule has 4 rings (SSSR count). The third-order valence-electron chi connectivity index (χ3n) is 4.01. The van der Waals surface area contributed by atoms with Crippen LogP contribution in [0.3, 0.4) is 0 Å². The Bertz CT molecular complexity index is 920. The Morgan fingerprint density at radius 1 is 1.38 bits per heavy atom. The largest absolute Gasteiger partial charge is 0.476 e. The van der Waals surface area contributed by atoms with Gasteiger partial charge in [0.25, 0.3) is 0 Å². The maximum Gasteiger partial charge on any atom is 0.347 e. The lowest BCUT2D eigenvalue weighted by Gasteiger charge is -2.09. The summed E-state index contributed by atoms with van der Waals surface area (Å²) in [4.78, 5) is 12.0. The van der Waals surface area contributed by atoms with E-state index in [9.17, 15) is 4.79 Å². The predicted molar refractivity (Wildman–Crippen MR) is 89.2 cm³/mol. The fraction of sp³-hybridized carbons (Fsp3) is 0.222. The SMILES string of the molecule is CCOC(=O)C1Cc2c(c(Cl)cc3c(-c4ccccc4)noc23)O1. The number of halogens is 1. The molecule has 0 N–H and O–H groups in total. The monoisotopic (exact) mass is 343 g/mol. The number of hydrogen-bond acceptors (Lipinski definition) is 5. The highest BCUT2D eigenvalue weighted by molar-refractivity contribution is 6.33. The second kappa shape index (κ2) is 5.83. The van der Waals surface area contributed by atoms with Crippen LogP contribution in [0.2, 0.25) is 5.02 Å². The number of aromatic nitrogens is 1. The lowest BCUT2D eigenvalue weighted by molar-refractivity contribution is -0.150. The third-order valence-corrected chi connectivity index (χ3v) is 4.29. The lowest BCUT2D eigenvalue weighted by Crippen LogP contribution is -2.27. The number of esters is 1. The van der Waals surface area contributed by atoms with Gasteiger partial charge < -0.3 is 14.0 Å². The van der Waals surface area contributed by atoms with Crippen LogP contribution in [-0.4, -0.2) is 23.8 Å². The molecule has 3 aromatic rings. The van der Waals surface area contributed by atoms with Crippen LogP contribution >= 0.6 is 11.6 Å². The summed E-state index contributed by atoms with van der Waals surface area (Å²) < 4.78 is 16.3. The van der Waals surface area contributed by atoms with Crippen molar-refractivity contribution >= 4 is 28.5 Å². The number of carbonyl (C=O) groups excluding carboxylic acids is 1. The first kappa shape index (κ1) is 15.0. The van der Waals surface area contributed by atoms with E-state index in [1.54, 1.807) is 13.0 Å². The Labute approximate surface area is 143 Å². The molecule has 0 fully saturated rings. The summed E-state index contributed by atoms with van der Waals surface area (Å²) in [6, 6.07) is 11.5. The topological polar surface area (TPSA) is 61.6 Å². The molecule has 1 atom stereocenters. The fourth-order valence-corrected chi connectivity index (χ4v) is 3.21. The molecule has 2 heterocycles. The van der Waals surface area contributed by atoms with Crippen LogP contribution < -0.4 is 4.74 Å². The normalized spacial score (nSPS) is 16.0. The maximum atomic E-state index is 12.0. The Morgan fingerprint density at radius 2 is 2.17 bits per heavy atom. The zero-order valence-corrected chi connectivity index (χ0v) is 13.7. The van der Waals surface area contributed by atoms with Gasteiger partial charge in [-0.3, -0.25) is 0 Å². The van der Waals surface area contributed by atoms with Crippen molar-refractivity contribution in [2.45, 2.75) is 19.4 Å². The third kappa shape index (κ3) is 2.32. The summed E-state index contributed by atoms with van der Waals surface area (Å²) in [5.74, 6) is 0.0682. The molecule has 122 valence electrons. The highest BCUT2D eigenvalue weighted by Crippen LogP contribution is 2.43. The Kier molecular flexibility index (Phi) is 3.65. The van der Waals surface area contributed by atoms with E-state index in [1.165, 1.54) is 0 Å². The van der Waals surface area contributed by atoms with E-state index in [-0.39, 0.29) is 0 Å². The first-order chi connectivity index (χ1) is 11.7. The van der Waals surface area contributed by atoms with Gasteiger partial charge in [-0.15, -0.1) is 0 Å². The molecule has 1 aliphatic rings. The zero-order valence-electron chi connectivity index (χ0n) is 12.9. The van der Waals surface area contributed by atoms with Crippen molar-refractivity contribution in [3.63, 3.8) is 0 Å². The molecule has 5 nitrogen and oxygen atoms in total. The van der Waals surface area contributed by atoms with Crippen molar-refractivity contribution in [2.75, 3.05) is 6.61 Å². The van der Waals surface area contributed by atoms with Gasteiger partial charge in [0.2, 0.25) is 0 Å². The van der Waals surface area contributed by atoms with Gasteiger partial charge in [-0.05, 0) is 13.0 Å². The molecule has 0 bridgehead atoms. The number of carbonyl (C=O) groups is 1. The van der Waals surface area contributed by atoms with Crippen LogP contribution in [0.4, 0.5) is 0 Å². The van der Waals surface area contributed by atoms with E-state index in [4.69, 9.17) is 25.6 Å². The second-order valence-corrected chi connectivity index (χ2v) is 5.91. The number of nitrogens with zero attached hydrogens (tertiary/aromatic N) is 1. The van der Waals surface area contributed by atoms with Gasteiger partial charge in [-0.25, -0.2) is 4.79 Å². The molecular formula is C18H14ClNO4. The van der Waals surface area contributed by atoms with Crippen LogP contribution in [0.1, 0.15) is 12.5 Å². The van der Waals surface area contributed by atoms with E-state index < -0.39 is 12.1 Å². The van der Waals surface area contributed by atoms with E-state index in [2.05, 4.69) is 5.16 Å². The molecule has 0 saturated heterocycles. The Hall–Kier alpha value is -2.53. The van der Waals surface area contributed by atoms with Crippen LogP contribution in [0.15, 0.2) is 40.9 Å². The Morgan fingerprint density at radius 3 is 2.92 bits per heavy atom. The Balaban J connectivity index is 1.80. The first-order valence-corrected chi connectivity index (χ1v) is 8.06. The van der Waals surface area contributed by atoms with Gasteiger partial charge in [0, 0.05) is 17.5 Å². The van der Waals surface area contributed by atoms with Crippen molar-refractivity contribution in [3.8, 4) is 17.0 Å². The van der Waals surface area contributed by atoms with Crippen LogP contribution in [0.25, 0.3) is 22.2 Å². The van der Waals surface area contributed by atoms with Gasteiger partial charge in [-0.1, -0.05) is 47.1 Å². The standard InChI is InChI=1S/C18H14ClNO4/c1-2-22-18(21)14-9-12-16-11(8-13(19)17(12)23-14)15(20-24-16)10-6-4-3-5-7-10/h3-8,14H,2,9H2,1H3. The van der Waals surface area contributed by atoms with Gasteiger partial charge in [0.05, 0.1) is 17.0 Å². The average Bonchev–Trinajstić information content (AvgIpc) is 3.20. The van der Waals surface area contributed by atoms with Crippen LogP contribution in [-0.2, 0) is 16.0 Å². The molecular weight excluding hydrogens is 330 g/mol. The zero-order chi connectivity index (χ0) is 16.7. The summed E-state index contributed by atoms with van der Waals surface area (Å²) in [7, 11) is 0. The van der Waals surface area contributed by atoms with E-state index in [0.29, 0.717) is 29.4 Å². The van der Waals surface area contributed by atoms with Crippen LogP contribution in [0.5, 0.6) is 5.75 Å². The number of ether oxygens (including phenoxy) is 2. The molecule has 6 heteroatoms. The highest BCUT2D eigenvalue weighted by atomic mass is 35.5. The summed E-state index contributed by atoms with van der Waals surface area (Å²) in [6.45, 7) is 2.06. The number of hydrogen-bond donors (Lipinski definition) is 0. The molecule has 2 aromatic carbocycles. The van der Waals surface area contributed by atoms with E-state index >= 15 is 0 Å². The highest BCUT2D eigenvalue weighted by Gasteiger charge is 2.35. The molecule has 0 amide bonds. The smallest absolute Gasteiger partial charge is 0.347 e. The second-order valence-electron chi connectivity index (χ2n) is 5.50. The fourth-order valence-electron chi connectivity index (χ4n) is 2.94. The maximum absolute atomic E-state index is 12.0. The quantitative estimate of drug-likeness (QED) is 0.672. The summed E-state index contributed by atoms with van der Waals surface area (Å²) in [5, 5.41) is 5.42. The molecule has 0 saturated carbocycles. The average molecular weight is 344 g/mol. The van der Waals surface area contributed by atoms with Crippen molar-refractivity contribution in [1.82, 2.24) is 5.16 Å². The molecule has 0 aliphatic carbocycles. The van der Waals surface area contributed by atoms with Gasteiger partial charge in [-0.2, -0.15) is 0 Å². The molecule has 0 spiro atoms. The predicted octanol–water partition coefficient (Wildman–Crippen LogP) is 4.01. The van der Waals surface area contributed by atoms with Crippen LogP contribution in [0, 0.1) is 0 Å². The van der Waals surface area contributed by atoms with Crippen molar-refractivity contribution < 1.29 is 18.8 Å². The van der Waals surface area contributed by atoms with Crippen molar-refractivity contribution in [3.05, 3.63) is 47.0 Å². The van der Waals surface area contributed by atoms with Crippen molar-refractivity contribution in [1.29, 1.82) is 0 Å². The molecule has 0 radical (unpaired) electrons. The minimum atomic E-state index is -0.701. The van der Waals surface area contributed by atoms with E-state index in [1.807, 2.05) is 30.3 Å². The summed E-state index contributed by atoms with van der Waals surface area (Å²) >= 11 is 6.37. The first-order valence-electron chi connectivity index (χ1n) is 7.68. The minimum Gasteiger partial charge on any atom is -0.476 e. The molecule has 24 heavy (non-hydrogen) atoms. The van der Waals surface area contributed by atoms with Gasteiger partial charge >= 0.3 is 5.97 Å².